The summed E-state index contributed by atoms with van der Waals surface area (Å²) in [5.74, 6) is 2.70. The van der Waals surface area contributed by atoms with E-state index in [0.29, 0.717) is 111 Å². The number of carbonyl (C=O) groups excluding carboxylic acids is 3. The van der Waals surface area contributed by atoms with Crippen LogP contribution in [0.15, 0.2) is 83.3 Å². The highest BCUT2D eigenvalue weighted by Gasteiger charge is 2.56. The van der Waals surface area contributed by atoms with Gasteiger partial charge in [-0.3, -0.25) is 14.4 Å². The van der Waals surface area contributed by atoms with Crippen molar-refractivity contribution >= 4 is 87.7 Å². The molecule has 92 heavy (non-hydrogen) atoms. The van der Waals surface area contributed by atoms with Crippen molar-refractivity contribution in [3.05, 3.63) is 106 Å². The van der Waals surface area contributed by atoms with Gasteiger partial charge in [-0.25, -0.2) is 19.9 Å². The molecule has 5 N–H and O–H groups in total. The minimum absolute atomic E-state index is 0.0718. The van der Waals surface area contributed by atoms with Gasteiger partial charge in [0.1, 0.15) is 5.78 Å². The Morgan fingerprint density at radius 3 is 1.17 bits per heavy atom. The number of nitrogens with zero attached hydrogens (tertiary/aromatic N) is 4. The number of anilines is 2. The highest BCUT2D eigenvalue weighted by Crippen LogP contribution is 2.64. The first-order valence-electron chi connectivity index (χ1n) is 32.2. The number of hydrogen-bond acceptors (Lipinski definition) is 17. The van der Waals surface area contributed by atoms with Gasteiger partial charge in [-0.2, -0.15) is 0 Å². The maximum absolute atomic E-state index is 11.3. The van der Waals surface area contributed by atoms with E-state index < -0.39 is 5.24 Å². The number of methoxy groups -OCH3 is 4. The zero-order valence-corrected chi connectivity index (χ0v) is 59.2. The number of pyridine rings is 4. The number of carbonyl (C=O) groups is 3. The summed E-state index contributed by atoms with van der Waals surface area (Å²) < 4.78 is 40.3. The van der Waals surface area contributed by atoms with Crippen LogP contribution in [0.3, 0.4) is 0 Å². The molecule has 12 aliphatic rings. The van der Waals surface area contributed by atoms with Gasteiger partial charge in [-0.05, 0) is 254 Å². The molecule has 0 radical (unpaired) electrons. The fourth-order valence-corrected chi connectivity index (χ4v) is 14.3. The van der Waals surface area contributed by atoms with Crippen molar-refractivity contribution in [1.29, 1.82) is 0 Å². The predicted molar refractivity (Wildman–Crippen MR) is 364 cm³/mol. The van der Waals surface area contributed by atoms with Gasteiger partial charge < -0.3 is 54.4 Å². The van der Waals surface area contributed by atoms with E-state index in [1.807, 2.05) is 24.3 Å². The lowest BCUT2D eigenvalue weighted by Crippen LogP contribution is -2.32. The zero-order chi connectivity index (χ0) is 65.9. The van der Waals surface area contributed by atoms with Crippen LogP contribution in [0.2, 0.25) is 0 Å². The molecular formula is C70H92Br3ClN6O12. The number of alkyl halides is 1. The molecule has 12 saturated carbocycles. The van der Waals surface area contributed by atoms with Crippen LogP contribution in [0.4, 0.5) is 11.4 Å². The Balaban J connectivity index is 0.000000129. The second kappa shape index (κ2) is 31.5. The van der Waals surface area contributed by atoms with Gasteiger partial charge in [-0.1, -0.05) is 29.1 Å². The zero-order valence-electron chi connectivity index (χ0n) is 53.7. The van der Waals surface area contributed by atoms with E-state index in [2.05, 4.69) is 86.2 Å². The molecule has 1 amide bonds. The summed E-state index contributed by atoms with van der Waals surface area (Å²) in [6.07, 6.45) is 40.4. The number of ketones is 1. The first-order valence-corrected chi connectivity index (χ1v) is 35.3. The summed E-state index contributed by atoms with van der Waals surface area (Å²) in [4.78, 5) is 47.7. The van der Waals surface area contributed by atoms with Crippen LogP contribution in [0.25, 0.3) is 0 Å². The number of aliphatic hydroxyl groups excluding tert-OH is 2. The van der Waals surface area contributed by atoms with Crippen molar-refractivity contribution in [3.63, 3.8) is 0 Å². The first-order chi connectivity index (χ1) is 44.0. The molecular weight excluding hydrogens is 1390 g/mol. The summed E-state index contributed by atoms with van der Waals surface area (Å²) in [7, 11) is 6.45. The third-order valence-corrected chi connectivity index (χ3v) is 21.8. The maximum Gasteiger partial charge on any atom is 0.247 e. The second-order valence-corrected chi connectivity index (χ2v) is 30.6. The van der Waals surface area contributed by atoms with Crippen molar-refractivity contribution in [1.82, 2.24) is 19.9 Å². The number of amides is 1. The largest absolute Gasteiger partial charge is 0.481 e. The SMILES string of the molecule is C=CC(=O)Cl.C=CC(=O)Nc1cnc(OC)c(COC2CC3(CC3)C2)c1.COc1ncc(Br)cc1CBr.COc1ncc(Br)cc1COC1CC2(CC2)C1.COc1ncc(N)cc1COC1CC2(CC2)C1.O=C1CC2(CC2)C1.OC1CC2(CC2)C1.OC1CC2(CC2)C1. The normalized spacial score (nSPS) is 24.0. The Bertz CT molecular complexity index is 3070. The molecule has 12 fully saturated rings. The highest BCUT2D eigenvalue weighted by molar-refractivity contribution is 9.10. The van der Waals surface area contributed by atoms with E-state index in [4.69, 9.17) is 60.7 Å². The molecule has 0 unspecified atom stereocenters. The average Bonchev–Trinajstić information content (AvgIpc) is 1.65. The second-order valence-electron chi connectivity index (χ2n) is 27.8. The lowest BCUT2D eigenvalue weighted by molar-refractivity contribution is -0.128. The maximum atomic E-state index is 11.3. The van der Waals surface area contributed by atoms with Crippen LogP contribution in [-0.2, 0) is 53.7 Å². The van der Waals surface area contributed by atoms with Crippen molar-refractivity contribution in [2.24, 2.45) is 32.5 Å². The molecule has 0 aromatic carbocycles. The number of nitrogen functional groups attached to an aromatic ring is 1. The van der Waals surface area contributed by atoms with Gasteiger partial charge in [0, 0.05) is 61.8 Å². The van der Waals surface area contributed by atoms with Crippen LogP contribution in [0, 0.1) is 32.5 Å². The minimum atomic E-state index is -0.509. The number of rotatable bonds is 17. The first kappa shape index (κ1) is 71.7. The standard InChI is InChI=1S/C16H20N2O3.C13H16BrNO2.C13H18N2O2.C7H7Br2NO.2C6H10O.C6H8O.C3H3ClO/c1-3-14(19)18-12-6-11(15(20-2)17-9-12)10-21-13-7-16(8-13)4-5-16;2*1-16-12-9(4-10(14)7-15-12)8-17-11-5-13(6-11)2-3-13;1-11-7-5(3-8)2-6(9)4-10-7;3*7-5-3-6(4-5)1-2-6;1-2-3(4)5/h3,6,9,13H,1,4-5,7-8,10H2,2H3,(H,18,19);4,7,11H,2-3,5-6,8H2,1H3;4,7,11H,2-3,5-6,8,14H2,1H3;2,4H,3H2,1H3;2*5,7H,1-4H2;1-4H2;2H,1H2. The van der Waals surface area contributed by atoms with Gasteiger partial charge in [0.15, 0.2) is 0 Å². The number of aromatic nitrogens is 4. The Morgan fingerprint density at radius 1 is 0.543 bits per heavy atom. The minimum Gasteiger partial charge on any atom is -0.481 e. The molecule has 0 bridgehead atoms. The topological polar surface area (TPSA) is 246 Å². The number of hydrogen-bond donors (Lipinski definition) is 4. The molecule has 12 aliphatic carbocycles. The molecule has 18 nitrogen and oxygen atoms in total. The number of allylic oxidation sites excluding steroid dienone is 1. The highest BCUT2D eigenvalue weighted by atomic mass is 79.9. The predicted octanol–water partition coefficient (Wildman–Crippen LogP) is 14.8. The van der Waals surface area contributed by atoms with Crippen LogP contribution in [0.1, 0.15) is 176 Å². The average molecular weight is 1480 g/mol. The van der Waals surface area contributed by atoms with Gasteiger partial charge in [0.25, 0.3) is 0 Å². The third-order valence-electron chi connectivity index (χ3n) is 20.1. The van der Waals surface area contributed by atoms with Crippen LogP contribution in [0.5, 0.6) is 23.5 Å². The molecule has 16 rings (SSSR count). The molecule has 502 valence electrons. The number of nitrogens with one attached hydrogen (secondary N) is 1. The summed E-state index contributed by atoms with van der Waals surface area (Å²) in [5, 5.41) is 20.6. The lowest BCUT2D eigenvalue weighted by Gasteiger charge is -2.35. The number of Topliss-reactive ketones (excluding diaryl/α,β-unsaturated/α-hetero) is 1. The summed E-state index contributed by atoms with van der Waals surface area (Å²) in [6.45, 7) is 8.10. The van der Waals surface area contributed by atoms with Gasteiger partial charge in [0.2, 0.25) is 34.7 Å². The van der Waals surface area contributed by atoms with E-state index in [1.165, 1.54) is 122 Å². The molecule has 0 aliphatic heterocycles. The van der Waals surface area contributed by atoms with Crippen LogP contribution < -0.4 is 30.0 Å². The van der Waals surface area contributed by atoms with Crippen molar-refractivity contribution < 1.29 is 57.8 Å². The third kappa shape index (κ3) is 21.0. The van der Waals surface area contributed by atoms with E-state index in [1.54, 1.807) is 53.2 Å². The molecule has 4 aromatic rings. The van der Waals surface area contributed by atoms with Crippen LogP contribution in [-0.4, -0.2) is 106 Å². The Hall–Kier alpha value is -4.58. The Kier molecular flexibility index (Phi) is 24.6. The van der Waals surface area contributed by atoms with Gasteiger partial charge >= 0.3 is 0 Å². The summed E-state index contributed by atoms with van der Waals surface area (Å²) in [6, 6.07) is 7.69. The Morgan fingerprint density at radius 2 is 0.870 bits per heavy atom. The Labute approximate surface area is 572 Å². The van der Waals surface area contributed by atoms with Crippen molar-refractivity contribution in [3.8, 4) is 23.5 Å². The lowest BCUT2D eigenvalue weighted by atomic mass is 9.79. The monoisotopic (exact) mass is 1480 g/mol. The molecule has 0 saturated heterocycles. The van der Waals surface area contributed by atoms with Crippen LogP contribution >= 0.6 is 59.4 Å². The molecule has 4 heterocycles. The quantitative estimate of drug-likeness (QED) is 0.0436. The fraction of sp³-hybridized carbons (Fsp3) is 0.614. The van der Waals surface area contributed by atoms with E-state index in [9.17, 15) is 14.4 Å². The van der Waals surface area contributed by atoms with E-state index in [-0.39, 0.29) is 18.1 Å². The molecule has 6 spiro atoms. The number of halogens is 4. The number of nitrogens with two attached hydrogens (primary N) is 1. The molecule has 22 heteroatoms. The van der Waals surface area contributed by atoms with E-state index in [0.717, 1.165) is 81.1 Å². The summed E-state index contributed by atoms with van der Waals surface area (Å²) >= 11 is 14.8. The number of ether oxygens (including phenoxy) is 7. The smallest absolute Gasteiger partial charge is 0.247 e. The van der Waals surface area contributed by atoms with Crippen molar-refractivity contribution in [2.75, 3.05) is 39.5 Å². The fourth-order valence-electron chi connectivity index (χ4n) is 13.2. The molecule has 0 atom stereocenters. The van der Waals surface area contributed by atoms with Crippen molar-refractivity contribution in [2.45, 2.75) is 210 Å². The van der Waals surface area contributed by atoms with Gasteiger partial charge in [-0.15, -0.1) is 0 Å². The number of aliphatic hydroxyl groups is 2. The summed E-state index contributed by atoms with van der Waals surface area (Å²) in [5.41, 5.74) is 14.8. The van der Waals surface area contributed by atoms with E-state index >= 15 is 0 Å². The molecule has 4 aromatic heterocycles. The van der Waals surface area contributed by atoms with Gasteiger partial charge in [0.05, 0.1) is 103 Å².